The topological polar surface area (TPSA) is 20.2 Å². The number of benzene rings is 1. The number of aryl methyl sites for hydroxylation is 2. The van der Waals surface area contributed by atoms with Gasteiger partial charge in [-0.15, -0.1) is 0 Å². The van der Waals surface area contributed by atoms with E-state index < -0.39 is 0 Å². The van der Waals surface area contributed by atoms with Gasteiger partial charge in [-0.3, -0.25) is 0 Å². The number of rotatable bonds is 2. The Morgan fingerprint density at radius 2 is 2.00 bits per heavy atom. The van der Waals surface area contributed by atoms with E-state index in [0.29, 0.717) is 11.8 Å². The summed E-state index contributed by atoms with van der Waals surface area (Å²) >= 11 is 0. The minimum Gasteiger partial charge on any atom is -0.393 e. The molecule has 1 nitrogen and oxygen atoms in total. The van der Waals surface area contributed by atoms with Crippen LogP contribution in [0.3, 0.4) is 0 Å². The predicted molar refractivity (Wildman–Crippen MR) is 58.4 cm³/mol. The van der Waals surface area contributed by atoms with Crippen LogP contribution in [0.2, 0.25) is 0 Å². The molecule has 1 N–H and O–H groups in total. The van der Waals surface area contributed by atoms with Gasteiger partial charge in [0.05, 0.1) is 6.10 Å². The number of hydrogen-bond acceptors (Lipinski definition) is 1. The molecule has 0 aromatic heterocycles. The third-order valence-electron chi connectivity index (χ3n) is 3.42. The highest BCUT2D eigenvalue weighted by Gasteiger charge is 2.41. The van der Waals surface area contributed by atoms with Crippen LogP contribution in [0.15, 0.2) is 18.2 Å². The Morgan fingerprint density at radius 3 is 2.50 bits per heavy atom. The van der Waals surface area contributed by atoms with Crippen molar-refractivity contribution in [2.24, 2.45) is 5.92 Å². The molecule has 1 aliphatic carbocycles. The van der Waals surface area contributed by atoms with Crippen LogP contribution >= 0.6 is 0 Å². The Balaban J connectivity index is 2.16. The summed E-state index contributed by atoms with van der Waals surface area (Å²) < 4.78 is 0. The Labute approximate surface area is 85.8 Å². The molecule has 0 aliphatic heterocycles. The monoisotopic (exact) mass is 190 g/mol. The summed E-state index contributed by atoms with van der Waals surface area (Å²) in [5.41, 5.74) is 4.11. The van der Waals surface area contributed by atoms with E-state index >= 15 is 0 Å². The summed E-state index contributed by atoms with van der Waals surface area (Å²) in [5, 5.41) is 9.45. The molecule has 1 aliphatic rings. The normalized spacial score (nSPS) is 27.4. The lowest BCUT2D eigenvalue weighted by Gasteiger charge is -2.06. The highest BCUT2D eigenvalue weighted by molar-refractivity contribution is 5.34. The zero-order valence-corrected chi connectivity index (χ0v) is 9.12. The molecule has 0 saturated heterocycles. The van der Waals surface area contributed by atoms with Gasteiger partial charge in [0.15, 0.2) is 0 Å². The lowest BCUT2D eigenvalue weighted by atomic mass is 10.0. The van der Waals surface area contributed by atoms with Crippen molar-refractivity contribution in [1.82, 2.24) is 0 Å². The van der Waals surface area contributed by atoms with Crippen LogP contribution in [0.1, 0.15) is 36.0 Å². The van der Waals surface area contributed by atoms with Crippen LogP contribution in [-0.4, -0.2) is 11.2 Å². The zero-order valence-electron chi connectivity index (χ0n) is 9.12. The van der Waals surface area contributed by atoms with Crippen LogP contribution < -0.4 is 0 Å². The smallest absolute Gasteiger partial charge is 0.0546 e. The molecule has 1 aromatic rings. The lowest BCUT2D eigenvalue weighted by Crippen LogP contribution is -2.03. The summed E-state index contributed by atoms with van der Waals surface area (Å²) in [7, 11) is 0. The predicted octanol–water partition coefficient (Wildman–Crippen LogP) is 2.79. The number of aliphatic hydroxyl groups excluding tert-OH is 1. The van der Waals surface area contributed by atoms with Gasteiger partial charge in [-0.1, -0.05) is 18.2 Å². The maximum absolute atomic E-state index is 9.45. The molecule has 1 aromatic carbocycles. The van der Waals surface area contributed by atoms with Gasteiger partial charge in [-0.05, 0) is 55.7 Å². The van der Waals surface area contributed by atoms with Crippen molar-refractivity contribution < 1.29 is 5.11 Å². The van der Waals surface area contributed by atoms with Gasteiger partial charge in [0.25, 0.3) is 0 Å². The average molecular weight is 190 g/mol. The van der Waals surface area contributed by atoms with E-state index in [-0.39, 0.29) is 6.10 Å². The fourth-order valence-corrected chi connectivity index (χ4v) is 2.13. The largest absolute Gasteiger partial charge is 0.393 e. The van der Waals surface area contributed by atoms with E-state index in [1.807, 2.05) is 6.92 Å². The minimum absolute atomic E-state index is 0.151. The average Bonchev–Trinajstić information content (AvgIpc) is 2.89. The van der Waals surface area contributed by atoms with Crippen LogP contribution in [0.5, 0.6) is 0 Å². The first-order valence-electron chi connectivity index (χ1n) is 5.35. The maximum atomic E-state index is 9.45. The Bertz CT molecular complexity index is 341. The van der Waals surface area contributed by atoms with E-state index in [2.05, 4.69) is 32.0 Å². The summed E-state index contributed by atoms with van der Waals surface area (Å²) in [5.74, 6) is 1.10. The summed E-state index contributed by atoms with van der Waals surface area (Å²) in [4.78, 5) is 0. The third-order valence-corrected chi connectivity index (χ3v) is 3.42. The zero-order chi connectivity index (χ0) is 10.3. The Hall–Kier alpha value is -0.820. The molecule has 14 heavy (non-hydrogen) atoms. The molecule has 2 rings (SSSR count). The van der Waals surface area contributed by atoms with Crippen LogP contribution in [0, 0.1) is 19.8 Å². The summed E-state index contributed by atoms with van der Waals surface area (Å²) in [6.07, 6.45) is 1.00. The second kappa shape index (κ2) is 3.39. The second-order valence-corrected chi connectivity index (χ2v) is 4.59. The molecule has 0 unspecified atom stereocenters. The molecule has 0 bridgehead atoms. The molecule has 0 amide bonds. The van der Waals surface area contributed by atoms with Crippen LogP contribution in [0.4, 0.5) is 0 Å². The first-order valence-corrected chi connectivity index (χ1v) is 5.35. The van der Waals surface area contributed by atoms with Crippen molar-refractivity contribution >= 4 is 0 Å². The number of hydrogen-bond donors (Lipinski definition) is 1. The van der Waals surface area contributed by atoms with Gasteiger partial charge in [0, 0.05) is 0 Å². The van der Waals surface area contributed by atoms with E-state index in [9.17, 15) is 5.11 Å². The van der Waals surface area contributed by atoms with Crippen molar-refractivity contribution in [2.75, 3.05) is 0 Å². The van der Waals surface area contributed by atoms with Gasteiger partial charge < -0.3 is 5.11 Å². The molecular weight excluding hydrogens is 172 g/mol. The molecule has 0 spiro atoms. The minimum atomic E-state index is -0.151. The molecule has 1 fully saturated rings. The Morgan fingerprint density at radius 1 is 1.29 bits per heavy atom. The fraction of sp³-hybridized carbons (Fsp3) is 0.538. The number of aliphatic hydroxyl groups is 1. The van der Waals surface area contributed by atoms with Gasteiger partial charge in [-0.2, -0.15) is 0 Å². The van der Waals surface area contributed by atoms with Gasteiger partial charge in [0.2, 0.25) is 0 Å². The van der Waals surface area contributed by atoms with Crippen LogP contribution in [0.25, 0.3) is 0 Å². The van der Waals surface area contributed by atoms with Crippen molar-refractivity contribution in [3.8, 4) is 0 Å². The van der Waals surface area contributed by atoms with Crippen molar-refractivity contribution in [3.05, 3.63) is 34.9 Å². The molecule has 1 heteroatoms. The van der Waals surface area contributed by atoms with E-state index in [0.717, 1.165) is 6.42 Å². The van der Waals surface area contributed by atoms with Crippen molar-refractivity contribution in [3.63, 3.8) is 0 Å². The molecular formula is C13H18O. The third kappa shape index (κ3) is 1.69. The molecule has 0 heterocycles. The maximum Gasteiger partial charge on any atom is 0.0546 e. The summed E-state index contributed by atoms with van der Waals surface area (Å²) in [6, 6.07) is 6.65. The van der Waals surface area contributed by atoms with Gasteiger partial charge in [-0.25, -0.2) is 0 Å². The van der Waals surface area contributed by atoms with Gasteiger partial charge in [0.1, 0.15) is 0 Å². The standard InChI is InChI=1S/C13H18O/c1-8-4-5-11(6-9(8)2)13-7-12(13)10(3)14/h4-6,10,12-14H,7H2,1-3H3/t10-,12-,13+/m1/s1. The van der Waals surface area contributed by atoms with E-state index in [1.165, 1.54) is 16.7 Å². The van der Waals surface area contributed by atoms with Crippen molar-refractivity contribution in [2.45, 2.75) is 39.2 Å². The van der Waals surface area contributed by atoms with Crippen LogP contribution in [-0.2, 0) is 0 Å². The van der Waals surface area contributed by atoms with E-state index in [4.69, 9.17) is 0 Å². The molecule has 1 saturated carbocycles. The van der Waals surface area contributed by atoms with Crippen molar-refractivity contribution in [1.29, 1.82) is 0 Å². The lowest BCUT2D eigenvalue weighted by molar-refractivity contribution is 0.169. The molecule has 76 valence electrons. The second-order valence-electron chi connectivity index (χ2n) is 4.59. The quantitative estimate of drug-likeness (QED) is 0.760. The highest BCUT2D eigenvalue weighted by Crippen LogP contribution is 2.49. The highest BCUT2D eigenvalue weighted by atomic mass is 16.3. The fourth-order valence-electron chi connectivity index (χ4n) is 2.13. The van der Waals surface area contributed by atoms with Gasteiger partial charge >= 0.3 is 0 Å². The molecule has 0 radical (unpaired) electrons. The first kappa shape index (κ1) is 9.72. The summed E-state index contributed by atoms with van der Waals surface area (Å²) in [6.45, 7) is 6.18. The SMILES string of the molecule is Cc1ccc([C@@H]2C[C@@H]2[C@@H](C)O)cc1C. The Kier molecular flexibility index (Phi) is 2.36. The first-order chi connectivity index (χ1) is 6.59. The van der Waals surface area contributed by atoms with E-state index in [1.54, 1.807) is 0 Å². The molecule has 3 atom stereocenters.